The fourth-order valence-electron chi connectivity index (χ4n) is 1.67. The summed E-state index contributed by atoms with van der Waals surface area (Å²) in [5, 5.41) is 9.07. The van der Waals surface area contributed by atoms with Crippen LogP contribution in [0.2, 0.25) is 0 Å². The normalized spacial score (nSPS) is 11.7. The van der Waals surface area contributed by atoms with Gasteiger partial charge in [-0.05, 0) is 18.2 Å². The zero-order valence-electron chi connectivity index (χ0n) is 9.10. The molecule has 1 heterocycles. The molecule has 0 atom stereocenters. The van der Waals surface area contributed by atoms with E-state index in [4.69, 9.17) is 20.5 Å². The van der Waals surface area contributed by atoms with E-state index >= 15 is 0 Å². The number of hydrogen-bond donors (Lipinski definition) is 2. The molecule has 1 aromatic heterocycles. The van der Waals surface area contributed by atoms with E-state index in [1.54, 1.807) is 0 Å². The number of aromatic nitrogens is 1. The molecule has 1 aromatic carbocycles. The molecule has 0 saturated heterocycles. The second kappa shape index (κ2) is 4.18. The lowest BCUT2D eigenvalue weighted by atomic mass is 10.2. The molecule has 8 heteroatoms. The van der Waals surface area contributed by atoms with Gasteiger partial charge in [-0.1, -0.05) is 0 Å². The van der Waals surface area contributed by atoms with E-state index in [0.717, 1.165) is 0 Å². The maximum atomic E-state index is 11.4. The molecule has 6 nitrogen and oxygen atoms in total. The van der Waals surface area contributed by atoms with Gasteiger partial charge in [-0.2, -0.15) is 0 Å². The Kier molecular flexibility index (Phi) is 2.95. The molecule has 0 aliphatic rings. The first-order valence-electron chi connectivity index (χ1n) is 4.72. The smallest absolute Gasteiger partial charge is 0.352 e. The van der Waals surface area contributed by atoms with Crippen LogP contribution in [0.25, 0.3) is 10.9 Å². The molecule has 18 heavy (non-hydrogen) atoms. The van der Waals surface area contributed by atoms with Crippen LogP contribution in [0.3, 0.4) is 0 Å². The zero-order chi connectivity index (χ0) is 13.5. The summed E-state index contributed by atoms with van der Waals surface area (Å²) in [7, 11) is 2.72. The molecule has 0 radical (unpaired) electrons. The predicted molar refractivity (Wildman–Crippen MR) is 64.8 cm³/mol. The van der Waals surface area contributed by atoms with Gasteiger partial charge in [-0.25, -0.2) is 13.2 Å². The van der Waals surface area contributed by atoms with E-state index in [9.17, 15) is 13.2 Å². The number of benzene rings is 1. The van der Waals surface area contributed by atoms with Crippen molar-refractivity contribution in [3.63, 3.8) is 0 Å². The lowest BCUT2D eigenvalue weighted by Crippen LogP contribution is -1.95. The highest BCUT2D eigenvalue weighted by molar-refractivity contribution is 8.14. The van der Waals surface area contributed by atoms with Crippen LogP contribution in [-0.2, 0) is 9.05 Å². The topological polar surface area (TPSA) is 96.5 Å². The molecule has 0 bridgehead atoms. The summed E-state index contributed by atoms with van der Waals surface area (Å²) in [6.45, 7) is 0. The second-order valence-electron chi connectivity index (χ2n) is 3.48. The fraction of sp³-hybridized carbons (Fsp3) is 0.100. The quantitative estimate of drug-likeness (QED) is 0.840. The van der Waals surface area contributed by atoms with Crippen molar-refractivity contribution in [2.45, 2.75) is 4.90 Å². The number of carboxylic acid groups (broad SMARTS) is 1. The molecule has 0 unspecified atom stereocenters. The molecule has 0 amide bonds. The minimum absolute atomic E-state index is 0.143. The average molecular weight is 290 g/mol. The minimum Gasteiger partial charge on any atom is -0.495 e. The van der Waals surface area contributed by atoms with Gasteiger partial charge in [0.25, 0.3) is 9.05 Å². The molecule has 2 N–H and O–H groups in total. The number of ether oxygens (including phenoxy) is 1. The molecular weight excluding hydrogens is 282 g/mol. The number of rotatable bonds is 3. The van der Waals surface area contributed by atoms with Gasteiger partial charge in [0.05, 0.1) is 17.5 Å². The van der Waals surface area contributed by atoms with Crippen molar-refractivity contribution >= 4 is 36.6 Å². The van der Waals surface area contributed by atoms with Gasteiger partial charge in [-0.3, -0.25) is 0 Å². The van der Waals surface area contributed by atoms with Crippen molar-refractivity contribution in [2.24, 2.45) is 0 Å². The zero-order valence-corrected chi connectivity index (χ0v) is 10.7. The van der Waals surface area contributed by atoms with Crippen molar-refractivity contribution in [3.8, 4) is 5.75 Å². The van der Waals surface area contributed by atoms with Crippen LogP contribution in [0.5, 0.6) is 5.75 Å². The number of carbonyl (C=O) groups is 1. The highest BCUT2D eigenvalue weighted by Gasteiger charge is 2.20. The van der Waals surface area contributed by atoms with Crippen LogP contribution in [0.4, 0.5) is 0 Å². The number of aromatic carboxylic acids is 1. The van der Waals surface area contributed by atoms with E-state index in [1.165, 1.54) is 25.3 Å². The van der Waals surface area contributed by atoms with Crippen molar-refractivity contribution in [3.05, 3.63) is 23.9 Å². The number of H-pyrrole nitrogens is 1. The molecule has 0 aliphatic carbocycles. The summed E-state index contributed by atoms with van der Waals surface area (Å²) in [6, 6.07) is 3.87. The monoisotopic (exact) mass is 289 g/mol. The Balaban J connectivity index is 2.89. The number of nitrogens with one attached hydrogen (secondary N) is 1. The summed E-state index contributed by atoms with van der Waals surface area (Å²) in [4.78, 5) is 13.3. The van der Waals surface area contributed by atoms with Crippen molar-refractivity contribution < 1.29 is 23.1 Å². The van der Waals surface area contributed by atoms with E-state index in [-0.39, 0.29) is 21.5 Å². The molecule has 0 aliphatic heterocycles. The lowest BCUT2D eigenvalue weighted by Gasteiger charge is -2.04. The Morgan fingerprint density at radius 3 is 2.61 bits per heavy atom. The number of aromatic amines is 1. The molecule has 0 saturated carbocycles. The number of hydrogen-bond acceptors (Lipinski definition) is 4. The summed E-state index contributed by atoms with van der Waals surface area (Å²) >= 11 is 0. The Hall–Kier alpha value is -1.73. The number of fused-ring (bicyclic) bond motifs is 1. The number of halogens is 1. The molecule has 96 valence electrons. The van der Waals surface area contributed by atoms with Gasteiger partial charge < -0.3 is 14.8 Å². The number of carboxylic acids is 1. The first-order chi connectivity index (χ1) is 8.34. The predicted octanol–water partition coefficient (Wildman–Crippen LogP) is 1.80. The first kappa shape index (κ1) is 12.7. The van der Waals surface area contributed by atoms with Crippen LogP contribution < -0.4 is 4.74 Å². The van der Waals surface area contributed by atoms with Crippen molar-refractivity contribution in [1.29, 1.82) is 0 Å². The fourth-order valence-corrected chi connectivity index (χ4v) is 2.72. The third kappa shape index (κ3) is 2.02. The van der Waals surface area contributed by atoms with E-state index in [0.29, 0.717) is 5.75 Å². The van der Waals surface area contributed by atoms with Crippen LogP contribution >= 0.6 is 10.7 Å². The Bertz CT molecular complexity index is 734. The Morgan fingerprint density at radius 1 is 1.44 bits per heavy atom. The summed E-state index contributed by atoms with van der Waals surface area (Å²) in [6.07, 6.45) is 0. The van der Waals surface area contributed by atoms with Crippen LogP contribution in [-0.4, -0.2) is 31.6 Å². The van der Waals surface area contributed by atoms with Gasteiger partial charge in [0.15, 0.2) is 0 Å². The summed E-state index contributed by atoms with van der Waals surface area (Å²) in [5.41, 5.74) is 0.132. The number of methoxy groups -OCH3 is 1. The van der Waals surface area contributed by atoms with E-state index < -0.39 is 15.0 Å². The Morgan fingerprint density at radius 2 is 2.11 bits per heavy atom. The van der Waals surface area contributed by atoms with Gasteiger partial charge in [0.1, 0.15) is 11.4 Å². The third-order valence-electron chi connectivity index (χ3n) is 2.43. The molecule has 0 fully saturated rings. The summed E-state index contributed by atoms with van der Waals surface area (Å²) < 4.78 is 27.8. The lowest BCUT2D eigenvalue weighted by molar-refractivity contribution is 0.0691. The van der Waals surface area contributed by atoms with Crippen LogP contribution in [0.15, 0.2) is 23.1 Å². The molecule has 2 aromatic rings. The highest BCUT2D eigenvalue weighted by atomic mass is 35.7. The first-order valence-corrected chi connectivity index (χ1v) is 7.03. The van der Waals surface area contributed by atoms with Crippen LogP contribution in [0.1, 0.15) is 10.5 Å². The SMILES string of the molecule is COc1ccc(S(=O)(=O)Cl)c2cc(C(=O)O)[nH]c12. The molecular formula is C10H8ClNO5S. The maximum Gasteiger partial charge on any atom is 0.352 e. The van der Waals surface area contributed by atoms with Gasteiger partial charge in [-0.15, -0.1) is 0 Å². The van der Waals surface area contributed by atoms with Crippen molar-refractivity contribution in [1.82, 2.24) is 4.98 Å². The largest absolute Gasteiger partial charge is 0.495 e. The minimum atomic E-state index is -3.96. The van der Waals surface area contributed by atoms with E-state index in [2.05, 4.69) is 4.98 Å². The average Bonchev–Trinajstić information content (AvgIpc) is 2.70. The van der Waals surface area contributed by atoms with Crippen molar-refractivity contribution in [2.75, 3.05) is 7.11 Å². The van der Waals surface area contributed by atoms with Crippen LogP contribution in [0, 0.1) is 0 Å². The molecule has 0 spiro atoms. The van der Waals surface area contributed by atoms with E-state index in [1.807, 2.05) is 0 Å². The second-order valence-corrected chi connectivity index (χ2v) is 6.02. The van der Waals surface area contributed by atoms with Gasteiger partial charge in [0.2, 0.25) is 0 Å². The van der Waals surface area contributed by atoms with Gasteiger partial charge >= 0.3 is 5.97 Å². The summed E-state index contributed by atoms with van der Waals surface area (Å²) in [5.74, 6) is -0.868. The molecule has 2 rings (SSSR count). The van der Waals surface area contributed by atoms with Gasteiger partial charge in [0, 0.05) is 16.1 Å². The third-order valence-corrected chi connectivity index (χ3v) is 3.81. The Labute approximate surface area is 107 Å². The standard InChI is InChI=1S/C10H8ClNO5S/c1-17-7-2-3-8(18(11,15)16)5-4-6(10(13)14)12-9(5)7/h2-4,12H,1H3,(H,13,14). The highest BCUT2D eigenvalue weighted by Crippen LogP contribution is 2.32. The maximum absolute atomic E-state index is 11.4.